The van der Waals surface area contributed by atoms with Gasteiger partial charge in [0.05, 0.1) is 10.0 Å². The van der Waals surface area contributed by atoms with E-state index in [1.165, 1.54) is 0 Å². The Hall–Kier alpha value is -0.280. The number of rotatable bonds is 7. The molecule has 0 aliphatic heterocycles. The summed E-state index contributed by atoms with van der Waals surface area (Å²) in [4.78, 5) is 0. The highest BCUT2D eigenvalue weighted by Gasteiger charge is 2.09. The van der Waals surface area contributed by atoms with E-state index in [0.717, 1.165) is 38.0 Å². The van der Waals surface area contributed by atoms with Gasteiger partial charge in [-0.15, -0.1) is 0 Å². The predicted molar refractivity (Wildman–Crippen MR) is 73.9 cm³/mol. The van der Waals surface area contributed by atoms with Crippen molar-refractivity contribution >= 4 is 23.2 Å². The molecule has 0 aliphatic rings. The molecule has 0 amide bonds. The first kappa shape index (κ1) is 14.8. The zero-order valence-corrected chi connectivity index (χ0v) is 11.6. The van der Waals surface area contributed by atoms with Crippen molar-refractivity contribution in [2.45, 2.75) is 32.2 Å². The lowest BCUT2D eigenvalue weighted by Crippen LogP contribution is -2.23. The van der Waals surface area contributed by atoms with E-state index < -0.39 is 0 Å². The number of benzene rings is 1. The predicted octanol–water partition coefficient (Wildman–Crippen LogP) is 3.68. The minimum atomic E-state index is 0.103. The van der Waals surface area contributed by atoms with Crippen LogP contribution in [-0.4, -0.2) is 19.3 Å². The van der Waals surface area contributed by atoms with E-state index in [9.17, 15) is 0 Å². The van der Waals surface area contributed by atoms with E-state index >= 15 is 0 Å². The van der Waals surface area contributed by atoms with Crippen LogP contribution in [0.1, 0.15) is 25.3 Å². The first-order valence-electron chi connectivity index (χ1n) is 5.91. The van der Waals surface area contributed by atoms with Crippen LogP contribution in [0.4, 0.5) is 0 Å². The Kier molecular flexibility index (Phi) is 6.90. The monoisotopic (exact) mass is 275 g/mol. The quantitative estimate of drug-likeness (QED) is 0.771. The largest absolute Gasteiger partial charge is 0.382 e. The molecule has 1 rings (SSSR count). The van der Waals surface area contributed by atoms with Crippen molar-refractivity contribution in [3.63, 3.8) is 0 Å². The van der Waals surface area contributed by atoms with Gasteiger partial charge in [0.1, 0.15) is 0 Å². The summed E-state index contributed by atoms with van der Waals surface area (Å²) in [5.74, 6) is 0. The van der Waals surface area contributed by atoms with E-state index in [-0.39, 0.29) is 6.04 Å². The summed E-state index contributed by atoms with van der Waals surface area (Å²) in [6.07, 6.45) is 2.67. The van der Waals surface area contributed by atoms with Crippen molar-refractivity contribution in [2.24, 2.45) is 5.73 Å². The fraction of sp³-hybridized carbons (Fsp3) is 0.538. The SMILES string of the molecule is CCOCCCC(N)Cc1cccc(Cl)c1Cl. The molecule has 1 aromatic rings. The van der Waals surface area contributed by atoms with E-state index in [2.05, 4.69) is 0 Å². The summed E-state index contributed by atoms with van der Waals surface area (Å²) >= 11 is 12.1. The molecule has 96 valence electrons. The van der Waals surface area contributed by atoms with Gasteiger partial charge in [-0.2, -0.15) is 0 Å². The van der Waals surface area contributed by atoms with Gasteiger partial charge in [0, 0.05) is 19.3 Å². The Labute approximate surface area is 113 Å². The maximum Gasteiger partial charge on any atom is 0.0624 e. The lowest BCUT2D eigenvalue weighted by molar-refractivity contribution is 0.142. The van der Waals surface area contributed by atoms with Gasteiger partial charge in [0.15, 0.2) is 0 Å². The van der Waals surface area contributed by atoms with Crippen molar-refractivity contribution in [3.8, 4) is 0 Å². The third kappa shape index (κ3) is 5.26. The van der Waals surface area contributed by atoms with Gasteiger partial charge < -0.3 is 10.5 Å². The topological polar surface area (TPSA) is 35.2 Å². The average molecular weight is 276 g/mol. The fourth-order valence-corrected chi connectivity index (χ4v) is 2.08. The van der Waals surface area contributed by atoms with Crippen LogP contribution in [0.5, 0.6) is 0 Å². The molecule has 17 heavy (non-hydrogen) atoms. The number of halogens is 2. The van der Waals surface area contributed by atoms with Gasteiger partial charge in [0.2, 0.25) is 0 Å². The Morgan fingerprint density at radius 2 is 2.12 bits per heavy atom. The zero-order valence-electron chi connectivity index (χ0n) is 10.1. The standard InChI is InChI=1S/C13H19Cl2NO/c1-2-17-8-4-6-11(16)9-10-5-3-7-12(14)13(10)15/h3,5,7,11H,2,4,6,8-9,16H2,1H3. The van der Waals surface area contributed by atoms with Crippen molar-refractivity contribution in [1.82, 2.24) is 0 Å². The van der Waals surface area contributed by atoms with Crippen molar-refractivity contribution < 1.29 is 4.74 Å². The molecule has 0 saturated carbocycles. The second kappa shape index (κ2) is 7.93. The average Bonchev–Trinajstić information content (AvgIpc) is 2.31. The smallest absolute Gasteiger partial charge is 0.0624 e. The van der Waals surface area contributed by atoms with Gasteiger partial charge in [-0.25, -0.2) is 0 Å². The van der Waals surface area contributed by atoms with E-state index in [1.807, 2.05) is 19.1 Å². The molecular weight excluding hydrogens is 257 g/mol. The van der Waals surface area contributed by atoms with E-state index in [1.54, 1.807) is 6.07 Å². The highest BCUT2D eigenvalue weighted by molar-refractivity contribution is 6.42. The summed E-state index contributed by atoms with van der Waals surface area (Å²) in [6, 6.07) is 5.76. The second-order valence-corrected chi connectivity index (χ2v) is 4.80. The first-order valence-corrected chi connectivity index (χ1v) is 6.67. The van der Waals surface area contributed by atoms with Crippen LogP contribution >= 0.6 is 23.2 Å². The molecule has 1 unspecified atom stereocenters. The molecule has 0 fully saturated rings. The van der Waals surface area contributed by atoms with Gasteiger partial charge in [-0.1, -0.05) is 35.3 Å². The van der Waals surface area contributed by atoms with Gasteiger partial charge in [-0.3, -0.25) is 0 Å². The molecule has 0 aliphatic carbocycles. The molecule has 0 saturated heterocycles. The Morgan fingerprint density at radius 3 is 2.82 bits per heavy atom. The summed E-state index contributed by atoms with van der Waals surface area (Å²) in [7, 11) is 0. The number of nitrogens with two attached hydrogens (primary N) is 1. The lowest BCUT2D eigenvalue weighted by atomic mass is 10.0. The molecule has 0 heterocycles. The molecule has 4 heteroatoms. The summed E-state index contributed by atoms with van der Waals surface area (Å²) in [5, 5.41) is 1.21. The molecule has 1 atom stereocenters. The molecular formula is C13H19Cl2NO. The van der Waals surface area contributed by atoms with Crippen molar-refractivity contribution in [1.29, 1.82) is 0 Å². The van der Waals surface area contributed by atoms with Crippen molar-refractivity contribution in [3.05, 3.63) is 33.8 Å². The Bertz CT molecular complexity index is 344. The van der Waals surface area contributed by atoms with Gasteiger partial charge >= 0.3 is 0 Å². The van der Waals surface area contributed by atoms with E-state index in [0.29, 0.717) is 10.0 Å². The molecule has 1 aromatic carbocycles. The lowest BCUT2D eigenvalue weighted by Gasteiger charge is -2.13. The van der Waals surface area contributed by atoms with Crippen LogP contribution in [0.3, 0.4) is 0 Å². The van der Waals surface area contributed by atoms with Crippen LogP contribution in [0.15, 0.2) is 18.2 Å². The molecule has 0 aromatic heterocycles. The molecule has 0 bridgehead atoms. The third-order valence-electron chi connectivity index (χ3n) is 2.58. The molecule has 0 spiro atoms. The highest BCUT2D eigenvalue weighted by Crippen LogP contribution is 2.26. The maximum atomic E-state index is 6.11. The minimum Gasteiger partial charge on any atom is -0.382 e. The van der Waals surface area contributed by atoms with Crippen LogP contribution in [0.25, 0.3) is 0 Å². The Balaban J connectivity index is 2.39. The van der Waals surface area contributed by atoms with Crippen LogP contribution in [0.2, 0.25) is 10.0 Å². The van der Waals surface area contributed by atoms with E-state index in [4.69, 9.17) is 33.7 Å². The highest BCUT2D eigenvalue weighted by atomic mass is 35.5. The number of hydrogen-bond donors (Lipinski definition) is 1. The van der Waals surface area contributed by atoms with Gasteiger partial charge in [0.25, 0.3) is 0 Å². The second-order valence-electron chi connectivity index (χ2n) is 4.02. The fourth-order valence-electron chi connectivity index (χ4n) is 1.68. The minimum absolute atomic E-state index is 0.103. The molecule has 0 radical (unpaired) electrons. The normalized spacial score (nSPS) is 12.7. The molecule has 2 N–H and O–H groups in total. The van der Waals surface area contributed by atoms with Crippen LogP contribution < -0.4 is 5.73 Å². The van der Waals surface area contributed by atoms with Crippen LogP contribution in [-0.2, 0) is 11.2 Å². The third-order valence-corrected chi connectivity index (χ3v) is 3.44. The van der Waals surface area contributed by atoms with Crippen LogP contribution in [0, 0.1) is 0 Å². The maximum absolute atomic E-state index is 6.11. The first-order chi connectivity index (χ1) is 8.15. The van der Waals surface area contributed by atoms with Gasteiger partial charge in [-0.05, 0) is 37.8 Å². The zero-order chi connectivity index (χ0) is 12.7. The molecule has 2 nitrogen and oxygen atoms in total. The number of hydrogen-bond acceptors (Lipinski definition) is 2. The Morgan fingerprint density at radius 1 is 1.35 bits per heavy atom. The summed E-state index contributed by atoms with van der Waals surface area (Å²) in [6.45, 7) is 3.52. The number of ether oxygens (including phenoxy) is 1. The summed E-state index contributed by atoms with van der Waals surface area (Å²) in [5.41, 5.74) is 7.07. The van der Waals surface area contributed by atoms with Crippen molar-refractivity contribution in [2.75, 3.05) is 13.2 Å². The summed E-state index contributed by atoms with van der Waals surface area (Å²) < 4.78 is 5.27.